The second-order valence-corrected chi connectivity index (χ2v) is 9.46. The van der Waals surface area contributed by atoms with Crippen molar-refractivity contribution in [3.05, 3.63) is 78.4 Å². The van der Waals surface area contributed by atoms with Crippen molar-refractivity contribution >= 4 is 28.8 Å². The lowest BCUT2D eigenvalue weighted by atomic mass is 9.94. The number of amides is 1. The number of fused-ring (bicyclic) bond motifs is 1. The van der Waals surface area contributed by atoms with Crippen molar-refractivity contribution in [2.24, 2.45) is 5.73 Å². The Kier molecular flexibility index (Phi) is 8.66. The molecule has 0 saturated carbocycles. The highest BCUT2D eigenvalue weighted by Gasteiger charge is 2.46. The summed E-state index contributed by atoms with van der Waals surface area (Å²) in [7, 11) is 0. The molecule has 1 atom stereocenters. The van der Waals surface area contributed by atoms with Crippen molar-refractivity contribution in [1.29, 1.82) is 0 Å². The maximum atomic E-state index is 13.1. The molecule has 3 aromatic carbocycles. The van der Waals surface area contributed by atoms with Crippen molar-refractivity contribution in [1.82, 2.24) is 5.32 Å². The monoisotopic (exact) mass is 492 g/mol. The molecule has 1 amide bonds. The molecule has 0 spiro atoms. The number of carbonyl (C=O) groups excluding carboxylic acids is 3. The number of carbonyl (C=O) groups is 3. The number of nitrogens with one attached hydrogen (secondary N) is 1. The molecular formula is C28H32N2O6. The van der Waals surface area contributed by atoms with Crippen LogP contribution in [0.4, 0.5) is 4.79 Å². The SMILES string of the molecule is CC(C)(C)OC(=O)[C@](N)(CCCNC(=O)OCc1ccccc1)C(=O)Oc1ccc2ccccc2c1. The van der Waals surface area contributed by atoms with E-state index in [1.54, 1.807) is 32.9 Å². The number of nitrogens with two attached hydrogens (primary N) is 1. The quantitative estimate of drug-likeness (QED) is 0.196. The Labute approximate surface area is 210 Å². The number of esters is 2. The highest BCUT2D eigenvalue weighted by atomic mass is 16.6. The molecule has 0 aliphatic rings. The van der Waals surface area contributed by atoms with E-state index in [1.165, 1.54) is 0 Å². The maximum absolute atomic E-state index is 13.1. The number of ether oxygens (including phenoxy) is 3. The molecule has 0 aliphatic carbocycles. The lowest BCUT2D eigenvalue weighted by Crippen LogP contribution is -2.59. The molecule has 3 rings (SSSR count). The summed E-state index contributed by atoms with van der Waals surface area (Å²) in [5.74, 6) is -1.56. The number of alkyl carbamates (subject to hydrolysis) is 1. The van der Waals surface area contributed by atoms with E-state index in [9.17, 15) is 14.4 Å². The number of rotatable bonds is 9. The van der Waals surface area contributed by atoms with Gasteiger partial charge in [-0.15, -0.1) is 0 Å². The average molecular weight is 493 g/mol. The lowest BCUT2D eigenvalue weighted by molar-refractivity contribution is -0.168. The van der Waals surface area contributed by atoms with Gasteiger partial charge in [-0.2, -0.15) is 0 Å². The minimum Gasteiger partial charge on any atom is -0.458 e. The van der Waals surface area contributed by atoms with Gasteiger partial charge in [0, 0.05) is 6.54 Å². The van der Waals surface area contributed by atoms with Crippen molar-refractivity contribution in [3.63, 3.8) is 0 Å². The van der Waals surface area contributed by atoms with Crippen molar-refractivity contribution in [2.75, 3.05) is 6.54 Å². The van der Waals surface area contributed by atoms with Crippen LogP contribution in [0.25, 0.3) is 10.8 Å². The van der Waals surface area contributed by atoms with E-state index in [0.29, 0.717) is 0 Å². The molecule has 0 radical (unpaired) electrons. The first-order valence-corrected chi connectivity index (χ1v) is 11.7. The first kappa shape index (κ1) is 26.7. The predicted octanol–water partition coefficient (Wildman–Crippen LogP) is 4.49. The standard InChI is InChI=1S/C28H32N2O6/c1-27(2,3)36-25(32)28(29,16-9-17-30-26(33)34-19-20-10-5-4-6-11-20)24(31)35-23-15-14-21-12-7-8-13-22(21)18-23/h4-8,10-15,18H,9,16-17,19,29H2,1-3H3,(H,30,33)/t28-/m0/s1. The molecule has 0 aromatic heterocycles. The Hall–Kier alpha value is -3.91. The van der Waals surface area contributed by atoms with Gasteiger partial charge in [0.15, 0.2) is 0 Å². The molecule has 8 nitrogen and oxygen atoms in total. The largest absolute Gasteiger partial charge is 0.458 e. The predicted molar refractivity (Wildman–Crippen MR) is 136 cm³/mol. The first-order valence-electron chi connectivity index (χ1n) is 11.7. The summed E-state index contributed by atoms with van der Waals surface area (Å²) in [6.07, 6.45) is -0.506. The molecule has 36 heavy (non-hydrogen) atoms. The van der Waals surface area contributed by atoms with Gasteiger partial charge in [0.25, 0.3) is 0 Å². The summed E-state index contributed by atoms with van der Waals surface area (Å²) in [5.41, 5.74) is 4.25. The summed E-state index contributed by atoms with van der Waals surface area (Å²) in [6.45, 7) is 5.32. The van der Waals surface area contributed by atoms with E-state index >= 15 is 0 Å². The van der Waals surface area contributed by atoms with Crippen LogP contribution in [-0.2, 0) is 25.7 Å². The fourth-order valence-corrected chi connectivity index (χ4v) is 3.42. The van der Waals surface area contributed by atoms with Gasteiger partial charge in [-0.25, -0.2) is 14.4 Å². The second-order valence-electron chi connectivity index (χ2n) is 9.46. The van der Waals surface area contributed by atoms with Gasteiger partial charge in [-0.3, -0.25) is 0 Å². The fraction of sp³-hybridized carbons (Fsp3) is 0.321. The normalized spacial score (nSPS) is 12.9. The van der Waals surface area contributed by atoms with Crippen LogP contribution in [0.2, 0.25) is 0 Å². The van der Waals surface area contributed by atoms with E-state index in [1.807, 2.05) is 60.7 Å². The zero-order valence-corrected chi connectivity index (χ0v) is 20.8. The Bertz CT molecular complexity index is 1210. The number of hydrogen-bond donors (Lipinski definition) is 2. The Morgan fingerprint density at radius 3 is 2.22 bits per heavy atom. The molecule has 0 aliphatic heterocycles. The number of hydrogen-bond acceptors (Lipinski definition) is 7. The minimum atomic E-state index is -2.06. The van der Waals surface area contributed by atoms with Gasteiger partial charge >= 0.3 is 18.0 Å². The Morgan fingerprint density at radius 2 is 1.53 bits per heavy atom. The van der Waals surface area contributed by atoms with Crippen molar-refractivity contribution in [3.8, 4) is 5.75 Å². The van der Waals surface area contributed by atoms with Gasteiger partial charge in [0.1, 0.15) is 18.0 Å². The first-order chi connectivity index (χ1) is 17.1. The van der Waals surface area contributed by atoms with E-state index in [0.717, 1.165) is 16.3 Å². The number of benzene rings is 3. The van der Waals surface area contributed by atoms with Gasteiger partial charge in [0.05, 0.1) is 0 Å². The van der Waals surface area contributed by atoms with Crippen LogP contribution in [0.5, 0.6) is 5.75 Å². The molecule has 3 N–H and O–H groups in total. The maximum Gasteiger partial charge on any atom is 0.407 e. The van der Waals surface area contributed by atoms with Crippen LogP contribution in [0, 0.1) is 0 Å². The van der Waals surface area contributed by atoms with Crippen LogP contribution in [0.15, 0.2) is 72.8 Å². The average Bonchev–Trinajstić information content (AvgIpc) is 2.84. The zero-order chi connectivity index (χ0) is 26.2. The van der Waals surface area contributed by atoms with Gasteiger partial charge < -0.3 is 25.3 Å². The highest BCUT2D eigenvalue weighted by molar-refractivity contribution is 6.05. The third-order valence-electron chi connectivity index (χ3n) is 5.29. The van der Waals surface area contributed by atoms with Crippen molar-refractivity contribution in [2.45, 2.75) is 51.4 Å². The van der Waals surface area contributed by atoms with E-state index < -0.39 is 29.2 Å². The fourth-order valence-electron chi connectivity index (χ4n) is 3.42. The molecule has 8 heteroatoms. The molecule has 0 heterocycles. The summed E-state index contributed by atoms with van der Waals surface area (Å²) in [4.78, 5) is 38.1. The van der Waals surface area contributed by atoms with Crippen LogP contribution in [0.1, 0.15) is 39.2 Å². The van der Waals surface area contributed by atoms with Gasteiger partial charge in [-0.05, 0) is 62.1 Å². The van der Waals surface area contributed by atoms with Crippen molar-refractivity contribution < 1.29 is 28.6 Å². The summed E-state index contributed by atoms with van der Waals surface area (Å²) in [6, 6.07) is 22.0. The molecule has 0 unspecified atom stereocenters. The van der Waals surface area contributed by atoms with Crippen LogP contribution in [0.3, 0.4) is 0 Å². The topological polar surface area (TPSA) is 117 Å². The van der Waals surface area contributed by atoms with Crippen LogP contribution < -0.4 is 15.8 Å². The molecular weight excluding hydrogens is 460 g/mol. The van der Waals surface area contributed by atoms with E-state index in [-0.39, 0.29) is 31.7 Å². The lowest BCUT2D eigenvalue weighted by Gasteiger charge is -2.29. The molecule has 0 bridgehead atoms. The molecule has 3 aromatic rings. The Balaban J connectivity index is 1.62. The zero-order valence-electron chi connectivity index (χ0n) is 20.8. The Morgan fingerprint density at radius 1 is 0.861 bits per heavy atom. The molecule has 0 fully saturated rings. The third kappa shape index (κ3) is 7.55. The van der Waals surface area contributed by atoms with Crippen LogP contribution >= 0.6 is 0 Å². The molecule has 190 valence electrons. The second kappa shape index (κ2) is 11.7. The highest BCUT2D eigenvalue weighted by Crippen LogP contribution is 2.24. The summed E-state index contributed by atoms with van der Waals surface area (Å²) in [5, 5.41) is 4.46. The van der Waals surface area contributed by atoms with Gasteiger partial charge in [0.2, 0.25) is 5.54 Å². The third-order valence-corrected chi connectivity index (χ3v) is 5.29. The van der Waals surface area contributed by atoms with Crippen LogP contribution in [-0.4, -0.2) is 35.7 Å². The summed E-state index contributed by atoms with van der Waals surface area (Å²) >= 11 is 0. The van der Waals surface area contributed by atoms with E-state index in [2.05, 4.69) is 5.32 Å². The molecule has 0 saturated heterocycles. The minimum absolute atomic E-state index is 0.104. The van der Waals surface area contributed by atoms with E-state index in [4.69, 9.17) is 19.9 Å². The smallest absolute Gasteiger partial charge is 0.407 e. The summed E-state index contributed by atoms with van der Waals surface area (Å²) < 4.78 is 16.1. The van der Waals surface area contributed by atoms with Gasteiger partial charge in [-0.1, -0.05) is 60.7 Å².